The van der Waals surface area contributed by atoms with Gasteiger partial charge in [-0.3, -0.25) is 4.57 Å². The third-order valence-electron chi connectivity index (χ3n) is 3.93. The number of methoxy groups -OCH3 is 1. The number of anilines is 2. The third-order valence-corrected chi connectivity index (χ3v) is 3.93. The van der Waals surface area contributed by atoms with E-state index in [1.165, 1.54) is 0 Å². The number of aromatic nitrogens is 4. The van der Waals surface area contributed by atoms with Crippen molar-refractivity contribution in [3.05, 3.63) is 66.6 Å². The van der Waals surface area contributed by atoms with E-state index in [4.69, 9.17) is 4.74 Å². The van der Waals surface area contributed by atoms with Crippen molar-refractivity contribution in [3.8, 4) is 11.6 Å². The highest BCUT2D eigenvalue weighted by Gasteiger charge is 2.10. The van der Waals surface area contributed by atoms with Gasteiger partial charge >= 0.3 is 0 Å². The lowest BCUT2D eigenvalue weighted by molar-refractivity contribution is 0.397. The largest absolute Gasteiger partial charge is 0.481 e. The van der Waals surface area contributed by atoms with Gasteiger partial charge in [0, 0.05) is 23.6 Å². The van der Waals surface area contributed by atoms with E-state index >= 15 is 0 Å². The predicted molar refractivity (Wildman–Crippen MR) is 97.7 cm³/mol. The Hall–Kier alpha value is -3.41. The van der Waals surface area contributed by atoms with Crippen molar-refractivity contribution >= 4 is 22.7 Å². The monoisotopic (exact) mass is 331 g/mol. The number of nitrogens with one attached hydrogen (secondary N) is 1. The molecule has 25 heavy (non-hydrogen) atoms. The summed E-state index contributed by atoms with van der Waals surface area (Å²) in [5.41, 5.74) is 3.94. The summed E-state index contributed by atoms with van der Waals surface area (Å²) < 4.78 is 7.26. The molecule has 0 aliphatic carbocycles. The number of aryl methyl sites for hydroxylation is 1. The first kappa shape index (κ1) is 15.1. The first-order chi connectivity index (χ1) is 12.2. The summed E-state index contributed by atoms with van der Waals surface area (Å²) in [6.45, 7) is 2.01. The summed E-state index contributed by atoms with van der Waals surface area (Å²) in [7, 11) is 1.58. The van der Waals surface area contributed by atoms with Gasteiger partial charge in [0.25, 0.3) is 0 Å². The second kappa shape index (κ2) is 6.24. The third kappa shape index (κ3) is 2.89. The SMILES string of the molecule is COc1ccnc(Nc2ccc3c(c2)nc(C)n3-c2ccccc2)n1. The maximum Gasteiger partial charge on any atom is 0.230 e. The maximum absolute atomic E-state index is 5.12. The highest BCUT2D eigenvalue weighted by molar-refractivity contribution is 5.82. The topological polar surface area (TPSA) is 64.9 Å². The molecule has 0 fully saturated rings. The Morgan fingerprint density at radius 3 is 2.64 bits per heavy atom. The molecule has 0 atom stereocenters. The zero-order chi connectivity index (χ0) is 17.2. The van der Waals surface area contributed by atoms with E-state index in [0.29, 0.717) is 11.8 Å². The van der Waals surface area contributed by atoms with E-state index in [1.807, 2.05) is 43.3 Å². The molecule has 0 bridgehead atoms. The van der Waals surface area contributed by atoms with Gasteiger partial charge in [-0.2, -0.15) is 4.98 Å². The van der Waals surface area contributed by atoms with Gasteiger partial charge in [-0.05, 0) is 37.3 Å². The number of rotatable bonds is 4. The first-order valence-corrected chi connectivity index (χ1v) is 7.93. The molecule has 0 saturated carbocycles. The average Bonchev–Trinajstić information content (AvgIpc) is 2.97. The van der Waals surface area contributed by atoms with E-state index in [9.17, 15) is 0 Å². The highest BCUT2D eigenvalue weighted by atomic mass is 16.5. The Balaban J connectivity index is 1.72. The van der Waals surface area contributed by atoms with Crippen LogP contribution in [0.2, 0.25) is 0 Å². The molecule has 4 aromatic rings. The Bertz CT molecular complexity index is 1030. The number of ether oxygens (including phenoxy) is 1. The molecule has 4 rings (SSSR count). The maximum atomic E-state index is 5.12. The first-order valence-electron chi connectivity index (χ1n) is 7.93. The minimum Gasteiger partial charge on any atom is -0.481 e. The van der Waals surface area contributed by atoms with Gasteiger partial charge in [0.1, 0.15) is 5.82 Å². The molecule has 2 aromatic carbocycles. The number of imidazole rings is 1. The van der Waals surface area contributed by atoms with E-state index in [0.717, 1.165) is 28.2 Å². The molecule has 6 nitrogen and oxygen atoms in total. The molecule has 6 heteroatoms. The molecule has 0 unspecified atom stereocenters. The lowest BCUT2D eigenvalue weighted by Crippen LogP contribution is -1.98. The normalized spacial score (nSPS) is 10.8. The van der Waals surface area contributed by atoms with Crippen molar-refractivity contribution in [2.75, 3.05) is 12.4 Å². The molecule has 0 aliphatic heterocycles. The summed E-state index contributed by atoms with van der Waals surface area (Å²) in [5, 5.41) is 3.19. The molecular formula is C19H17N5O. The van der Waals surface area contributed by atoms with Crippen LogP contribution in [-0.4, -0.2) is 26.6 Å². The fourth-order valence-corrected chi connectivity index (χ4v) is 2.83. The summed E-state index contributed by atoms with van der Waals surface area (Å²) in [5.74, 6) is 1.94. The Labute approximate surface area is 145 Å². The van der Waals surface area contributed by atoms with Crippen molar-refractivity contribution in [2.24, 2.45) is 0 Å². The molecule has 2 heterocycles. The van der Waals surface area contributed by atoms with Crippen LogP contribution in [-0.2, 0) is 0 Å². The molecule has 0 amide bonds. The van der Waals surface area contributed by atoms with Gasteiger partial charge in [-0.25, -0.2) is 9.97 Å². The van der Waals surface area contributed by atoms with E-state index in [1.54, 1.807) is 19.4 Å². The number of hydrogen-bond donors (Lipinski definition) is 1. The van der Waals surface area contributed by atoms with E-state index < -0.39 is 0 Å². The van der Waals surface area contributed by atoms with Crippen molar-refractivity contribution in [1.29, 1.82) is 0 Å². The summed E-state index contributed by atoms with van der Waals surface area (Å²) in [4.78, 5) is 13.2. The molecule has 1 N–H and O–H groups in total. The summed E-state index contributed by atoms with van der Waals surface area (Å²) in [6.07, 6.45) is 1.65. The van der Waals surface area contributed by atoms with Crippen molar-refractivity contribution in [1.82, 2.24) is 19.5 Å². The smallest absolute Gasteiger partial charge is 0.230 e. The Kier molecular flexibility index (Phi) is 3.78. The van der Waals surface area contributed by atoms with Gasteiger partial charge < -0.3 is 10.1 Å². The number of nitrogens with zero attached hydrogens (tertiary/aromatic N) is 4. The number of para-hydroxylation sites is 1. The van der Waals surface area contributed by atoms with Crippen LogP contribution in [0.1, 0.15) is 5.82 Å². The van der Waals surface area contributed by atoms with Crippen molar-refractivity contribution < 1.29 is 4.74 Å². The van der Waals surface area contributed by atoms with Gasteiger partial charge in [-0.1, -0.05) is 18.2 Å². The second-order valence-electron chi connectivity index (χ2n) is 5.58. The van der Waals surface area contributed by atoms with Crippen molar-refractivity contribution in [2.45, 2.75) is 6.92 Å². The van der Waals surface area contributed by atoms with E-state index in [-0.39, 0.29) is 0 Å². The van der Waals surface area contributed by atoms with Crippen LogP contribution < -0.4 is 10.1 Å². The van der Waals surface area contributed by atoms with Gasteiger partial charge in [0.05, 0.1) is 18.1 Å². The van der Waals surface area contributed by atoms with Crippen LogP contribution in [0, 0.1) is 6.92 Å². The fourth-order valence-electron chi connectivity index (χ4n) is 2.83. The number of benzene rings is 2. The summed E-state index contributed by atoms with van der Waals surface area (Å²) in [6, 6.07) is 17.9. The lowest BCUT2D eigenvalue weighted by atomic mass is 10.2. The summed E-state index contributed by atoms with van der Waals surface area (Å²) >= 11 is 0. The van der Waals surface area contributed by atoms with Crippen LogP contribution in [0.4, 0.5) is 11.6 Å². The van der Waals surface area contributed by atoms with Gasteiger partial charge in [-0.15, -0.1) is 0 Å². The molecule has 0 saturated heterocycles. The van der Waals surface area contributed by atoms with Crippen LogP contribution in [0.5, 0.6) is 5.88 Å². The number of hydrogen-bond acceptors (Lipinski definition) is 5. The predicted octanol–water partition coefficient (Wildman–Crippen LogP) is 3.88. The molecule has 0 radical (unpaired) electrons. The zero-order valence-corrected chi connectivity index (χ0v) is 14.0. The Morgan fingerprint density at radius 2 is 1.84 bits per heavy atom. The quantitative estimate of drug-likeness (QED) is 0.615. The van der Waals surface area contributed by atoms with Crippen LogP contribution in [0.3, 0.4) is 0 Å². The molecule has 0 aliphatic rings. The zero-order valence-electron chi connectivity index (χ0n) is 14.0. The minimum atomic E-state index is 0.484. The molecule has 124 valence electrons. The minimum absolute atomic E-state index is 0.484. The highest BCUT2D eigenvalue weighted by Crippen LogP contribution is 2.25. The van der Waals surface area contributed by atoms with Gasteiger partial charge in [0.15, 0.2) is 0 Å². The standard InChI is InChI=1S/C19H17N5O/c1-13-21-16-12-14(22-19-20-11-10-18(23-19)25-2)8-9-17(16)24(13)15-6-4-3-5-7-15/h3-12H,1-2H3,(H,20,22,23). The molecule has 2 aromatic heterocycles. The van der Waals surface area contributed by atoms with E-state index in [2.05, 4.69) is 37.0 Å². The lowest BCUT2D eigenvalue weighted by Gasteiger charge is -2.08. The van der Waals surface area contributed by atoms with Crippen LogP contribution in [0.25, 0.3) is 16.7 Å². The van der Waals surface area contributed by atoms with Gasteiger partial charge in [0.2, 0.25) is 11.8 Å². The fraction of sp³-hybridized carbons (Fsp3) is 0.105. The van der Waals surface area contributed by atoms with Crippen LogP contribution >= 0.6 is 0 Å². The average molecular weight is 331 g/mol. The van der Waals surface area contributed by atoms with Crippen molar-refractivity contribution in [3.63, 3.8) is 0 Å². The Morgan fingerprint density at radius 1 is 1.00 bits per heavy atom. The number of fused-ring (bicyclic) bond motifs is 1. The second-order valence-corrected chi connectivity index (χ2v) is 5.58. The molecular weight excluding hydrogens is 314 g/mol. The molecule has 0 spiro atoms. The van der Waals surface area contributed by atoms with Crippen LogP contribution in [0.15, 0.2) is 60.8 Å².